The molecule has 2 aromatic carbocycles. The van der Waals surface area contributed by atoms with Gasteiger partial charge < -0.3 is 5.11 Å². The number of nitrogens with zero attached hydrogens (tertiary/aromatic N) is 1. The van der Waals surface area contributed by atoms with Crippen molar-refractivity contribution >= 4 is 23.3 Å². The lowest BCUT2D eigenvalue weighted by Crippen LogP contribution is -2.06. The van der Waals surface area contributed by atoms with Crippen molar-refractivity contribution in [1.29, 1.82) is 0 Å². The number of nitro groups is 1. The van der Waals surface area contributed by atoms with E-state index in [0.29, 0.717) is 5.56 Å². The van der Waals surface area contributed by atoms with E-state index in [2.05, 4.69) is 0 Å². The molecule has 8 heteroatoms. The zero-order chi connectivity index (χ0) is 17.9. The number of carboxylic acids is 1. The standard InChI is InChI=1S/C16H10F3NO4/c17-16(18,19)12-3-1-2-11(9-12)14(15(21)22)8-10-4-6-13(7-5-10)20(23)24/h1-9H,(H,21,22). The number of non-ortho nitro benzene ring substituents is 1. The molecule has 1 N–H and O–H groups in total. The van der Waals surface area contributed by atoms with Crippen molar-refractivity contribution in [3.8, 4) is 0 Å². The maximum absolute atomic E-state index is 12.7. The zero-order valence-electron chi connectivity index (χ0n) is 11.9. The first-order valence-electron chi connectivity index (χ1n) is 6.55. The van der Waals surface area contributed by atoms with Gasteiger partial charge in [0.1, 0.15) is 0 Å². The van der Waals surface area contributed by atoms with E-state index >= 15 is 0 Å². The van der Waals surface area contributed by atoms with Gasteiger partial charge in [0.05, 0.1) is 16.1 Å². The smallest absolute Gasteiger partial charge is 0.416 e. The minimum Gasteiger partial charge on any atom is -0.478 e. The molecule has 0 heterocycles. The summed E-state index contributed by atoms with van der Waals surface area (Å²) in [5.74, 6) is -1.41. The third-order valence-corrected chi connectivity index (χ3v) is 3.15. The minimum absolute atomic E-state index is 0.115. The molecule has 0 spiro atoms. The molecule has 0 atom stereocenters. The van der Waals surface area contributed by atoms with Crippen LogP contribution in [0.2, 0.25) is 0 Å². The number of aliphatic carboxylic acids is 1. The SMILES string of the molecule is O=C(O)C(=Cc1ccc([N+](=O)[O-])cc1)c1cccc(C(F)(F)F)c1. The first-order chi connectivity index (χ1) is 11.2. The lowest BCUT2D eigenvalue weighted by Gasteiger charge is -2.09. The first-order valence-corrected chi connectivity index (χ1v) is 6.55. The second-order valence-electron chi connectivity index (χ2n) is 4.79. The summed E-state index contributed by atoms with van der Waals surface area (Å²) in [6, 6.07) is 8.93. The molecule has 0 aliphatic rings. The third-order valence-electron chi connectivity index (χ3n) is 3.15. The normalized spacial score (nSPS) is 12.0. The van der Waals surface area contributed by atoms with E-state index in [1.165, 1.54) is 30.3 Å². The molecule has 0 amide bonds. The molecule has 5 nitrogen and oxygen atoms in total. The Morgan fingerprint density at radius 3 is 2.25 bits per heavy atom. The van der Waals surface area contributed by atoms with Gasteiger partial charge in [-0.15, -0.1) is 0 Å². The molecule has 0 saturated carbocycles. The highest BCUT2D eigenvalue weighted by molar-refractivity contribution is 6.20. The maximum atomic E-state index is 12.7. The van der Waals surface area contributed by atoms with Gasteiger partial charge in [0.2, 0.25) is 0 Å². The van der Waals surface area contributed by atoms with Gasteiger partial charge in [-0.1, -0.05) is 12.1 Å². The zero-order valence-corrected chi connectivity index (χ0v) is 11.9. The lowest BCUT2D eigenvalue weighted by molar-refractivity contribution is -0.384. The minimum atomic E-state index is -4.59. The van der Waals surface area contributed by atoms with Gasteiger partial charge in [0.15, 0.2) is 0 Å². The number of rotatable bonds is 4. The van der Waals surface area contributed by atoms with Gasteiger partial charge in [-0.2, -0.15) is 13.2 Å². The van der Waals surface area contributed by atoms with Gasteiger partial charge in [0.25, 0.3) is 5.69 Å². The highest BCUT2D eigenvalue weighted by atomic mass is 19.4. The van der Waals surface area contributed by atoms with Crippen LogP contribution in [0.1, 0.15) is 16.7 Å². The molecule has 124 valence electrons. The monoisotopic (exact) mass is 337 g/mol. The van der Waals surface area contributed by atoms with Crippen LogP contribution in [0.25, 0.3) is 11.6 Å². The van der Waals surface area contributed by atoms with Crippen LogP contribution in [0.4, 0.5) is 18.9 Å². The number of alkyl halides is 3. The second kappa shape index (κ2) is 6.53. The van der Waals surface area contributed by atoms with Gasteiger partial charge in [-0.25, -0.2) is 4.79 Å². The largest absolute Gasteiger partial charge is 0.478 e. The molecule has 0 aliphatic carbocycles. The van der Waals surface area contributed by atoms with Crippen molar-refractivity contribution in [1.82, 2.24) is 0 Å². The summed E-state index contributed by atoms with van der Waals surface area (Å²) in [5, 5.41) is 19.9. The lowest BCUT2D eigenvalue weighted by atomic mass is 10.0. The first kappa shape index (κ1) is 17.2. The fourth-order valence-electron chi connectivity index (χ4n) is 1.99. The molecule has 0 fully saturated rings. The predicted molar refractivity (Wildman–Crippen MR) is 80.0 cm³/mol. The number of hydrogen-bond acceptors (Lipinski definition) is 3. The molecule has 0 aliphatic heterocycles. The highest BCUT2D eigenvalue weighted by Crippen LogP contribution is 2.31. The Hall–Kier alpha value is -3.16. The Kier molecular flexibility index (Phi) is 4.68. The fraction of sp³-hybridized carbons (Fsp3) is 0.0625. The summed E-state index contributed by atoms with van der Waals surface area (Å²) in [7, 11) is 0. The Balaban J connectivity index is 2.46. The molecule has 2 aromatic rings. The quantitative estimate of drug-likeness (QED) is 0.392. The molecule has 0 saturated heterocycles. The summed E-state index contributed by atoms with van der Waals surface area (Å²) in [5.41, 5.74) is -1.29. The third kappa shape index (κ3) is 3.97. The van der Waals surface area contributed by atoms with E-state index in [1.54, 1.807) is 0 Å². The van der Waals surface area contributed by atoms with Gasteiger partial charge in [-0.05, 0) is 41.5 Å². The van der Waals surface area contributed by atoms with Crippen LogP contribution in [0.15, 0.2) is 48.5 Å². The van der Waals surface area contributed by atoms with Crippen LogP contribution < -0.4 is 0 Å². The second-order valence-corrected chi connectivity index (χ2v) is 4.79. The van der Waals surface area contributed by atoms with Crippen molar-refractivity contribution in [2.45, 2.75) is 6.18 Å². The van der Waals surface area contributed by atoms with Crippen LogP contribution in [0.5, 0.6) is 0 Å². The molecular weight excluding hydrogens is 327 g/mol. The molecule has 0 radical (unpaired) electrons. The molecule has 0 aromatic heterocycles. The number of nitro benzene ring substituents is 1. The van der Waals surface area contributed by atoms with Crippen LogP contribution in [-0.4, -0.2) is 16.0 Å². The summed E-state index contributed by atoms with van der Waals surface area (Å²) in [4.78, 5) is 21.4. The summed E-state index contributed by atoms with van der Waals surface area (Å²) < 4.78 is 38.2. The number of hydrogen-bond donors (Lipinski definition) is 1. The average Bonchev–Trinajstić information content (AvgIpc) is 2.52. The number of carbonyl (C=O) groups is 1. The fourth-order valence-corrected chi connectivity index (χ4v) is 1.99. The van der Waals surface area contributed by atoms with E-state index in [1.807, 2.05) is 0 Å². The van der Waals surface area contributed by atoms with Crippen molar-refractivity contribution in [3.63, 3.8) is 0 Å². The van der Waals surface area contributed by atoms with E-state index in [-0.39, 0.29) is 16.8 Å². The van der Waals surface area contributed by atoms with Gasteiger partial charge in [-0.3, -0.25) is 10.1 Å². The van der Waals surface area contributed by atoms with Crippen molar-refractivity contribution in [3.05, 3.63) is 75.3 Å². The van der Waals surface area contributed by atoms with Gasteiger partial charge in [0, 0.05) is 12.1 Å². The van der Waals surface area contributed by atoms with E-state index in [4.69, 9.17) is 0 Å². The molecule has 2 rings (SSSR count). The van der Waals surface area contributed by atoms with E-state index in [0.717, 1.165) is 24.3 Å². The summed E-state index contributed by atoms with van der Waals surface area (Å²) >= 11 is 0. The Bertz CT molecular complexity index is 811. The van der Waals surface area contributed by atoms with E-state index in [9.17, 15) is 33.2 Å². The van der Waals surface area contributed by atoms with Crippen molar-refractivity contribution in [2.75, 3.05) is 0 Å². The summed E-state index contributed by atoms with van der Waals surface area (Å²) in [6.07, 6.45) is -3.44. The van der Waals surface area contributed by atoms with Crippen LogP contribution in [-0.2, 0) is 11.0 Å². The molecule has 24 heavy (non-hydrogen) atoms. The Morgan fingerprint density at radius 2 is 1.75 bits per heavy atom. The van der Waals surface area contributed by atoms with Gasteiger partial charge >= 0.3 is 12.1 Å². The topological polar surface area (TPSA) is 80.4 Å². The average molecular weight is 337 g/mol. The Morgan fingerprint density at radius 1 is 1.12 bits per heavy atom. The van der Waals surface area contributed by atoms with Crippen molar-refractivity contribution in [2.24, 2.45) is 0 Å². The summed E-state index contributed by atoms with van der Waals surface area (Å²) in [6.45, 7) is 0. The van der Waals surface area contributed by atoms with Crippen LogP contribution in [0.3, 0.4) is 0 Å². The van der Waals surface area contributed by atoms with Crippen molar-refractivity contribution < 1.29 is 28.0 Å². The van der Waals surface area contributed by atoms with Crippen LogP contribution >= 0.6 is 0 Å². The maximum Gasteiger partial charge on any atom is 0.416 e. The molecular formula is C16H10F3NO4. The Labute approximate surface area is 133 Å². The number of carboxylic acid groups (broad SMARTS) is 1. The molecule has 0 bridgehead atoms. The predicted octanol–water partition coefficient (Wildman–Crippen LogP) is 4.24. The number of halogens is 3. The molecule has 0 unspecified atom stereocenters. The number of benzene rings is 2. The van der Waals surface area contributed by atoms with E-state index < -0.39 is 22.6 Å². The van der Waals surface area contributed by atoms with Crippen LogP contribution in [0, 0.1) is 10.1 Å². The highest BCUT2D eigenvalue weighted by Gasteiger charge is 2.30.